The van der Waals surface area contributed by atoms with Crippen molar-refractivity contribution in [1.82, 2.24) is 14.5 Å². The maximum absolute atomic E-state index is 12.0. The third-order valence-electron chi connectivity index (χ3n) is 2.73. The van der Waals surface area contributed by atoms with Crippen LogP contribution in [-0.4, -0.2) is 47.0 Å². The summed E-state index contributed by atoms with van der Waals surface area (Å²) in [7, 11) is -3.75. The quantitative estimate of drug-likeness (QED) is 0.591. The third-order valence-corrected chi connectivity index (χ3v) is 4.11. The highest BCUT2D eigenvalue weighted by atomic mass is 32.2. The van der Waals surface area contributed by atoms with E-state index < -0.39 is 22.1 Å². The zero-order valence-corrected chi connectivity index (χ0v) is 12.9. The molecule has 0 saturated heterocycles. The number of carboxylic acid groups (broad SMARTS) is 1. The predicted octanol–water partition coefficient (Wildman–Crippen LogP) is 0.0431. The van der Waals surface area contributed by atoms with Gasteiger partial charge in [-0.1, -0.05) is 13.8 Å². The Morgan fingerprint density at radius 3 is 2.71 bits per heavy atom. The average molecular weight is 319 g/mol. The minimum atomic E-state index is -3.75. The first-order chi connectivity index (χ1) is 9.70. The third kappa shape index (κ3) is 6.23. The number of carboxylic acids is 1. The van der Waals surface area contributed by atoms with Gasteiger partial charge in [0.15, 0.2) is 0 Å². The molecule has 1 heterocycles. The van der Waals surface area contributed by atoms with Gasteiger partial charge in [0.1, 0.15) is 4.90 Å². The van der Waals surface area contributed by atoms with Crippen LogP contribution in [0.5, 0.6) is 0 Å². The molecule has 21 heavy (non-hydrogen) atoms. The van der Waals surface area contributed by atoms with E-state index in [-0.39, 0.29) is 30.3 Å². The Morgan fingerprint density at radius 1 is 1.48 bits per heavy atom. The van der Waals surface area contributed by atoms with Gasteiger partial charge in [-0.15, -0.1) is 0 Å². The van der Waals surface area contributed by atoms with Crippen molar-refractivity contribution >= 4 is 16.0 Å². The number of nitrogens with one attached hydrogen (secondary N) is 1. The highest BCUT2D eigenvalue weighted by Crippen LogP contribution is 2.09. The number of nitrogens with zero attached hydrogens (tertiary/aromatic N) is 2. The minimum Gasteiger partial charge on any atom is -0.481 e. The first-order valence-electron chi connectivity index (χ1n) is 6.62. The molecule has 1 rings (SSSR count). The molecule has 0 aliphatic carbocycles. The van der Waals surface area contributed by atoms with Gasteiger partial charge >= 0.3 is 5.97 Å². The second-order valence-electron chi connectivity index (χ2n) is 5.22. The van der Waals surface area contributed by atoms with Gasteiger partial charge in [-0.25, -0.2) is 13.1 Å². The highest BCUT2D eigenvalue weighted by molar-refractivity contribution is 7.89. The van der Waals surface area contributed by atoms with E-state index in [1.807, 2.05) is 13.8 Å². The van der Waals surface area contributed by atoms with Crippen LogP contribution >= 0.6 is 0 Å². The molecule has 1 aromatic heterocycles. The molecule has 0 fully saturated rings. The van der Waals surface area contributed by atoms with Crippen molar-refractivity contribution in [3.8, 4) is 0 Å². The summed E-state index contributed by atoms with van der Waals surface area (Å²) in [6.45, 7) is 3.90. The SMILES string of the molecule is CC(C)CC(O)CNS(=O)(=O)c1cnn(CCC(=O)O)c1. The Balaban J connectivity index is 2.60. The molecular formula is C12H21N3O5S. The summed E-state index contributed by atoms with van der Waals surface area (Å²) in [6.07, 6.45) is 2.03. The lowest BCUT2D eigenvalue weighted by Gasteiger charge is -2.13. The van der Waals surface area contributed by atoms with E-state index in [0.717, 1.165) is 6.20 Å². The number of carbonyl (C=O) groups is 1. The molecule has 0 saturated carbocycles. The molecule has 1 unspecified atom stereocenters. The molecule has 120 valence electrons. The molecule has 0 aliphatic rings. The van der Waals surface area contributed by atoms with Gasteiger partial charge in [-0.05, 0) is 12.3 Å². The molecule has 0 radical (unpaired) electrons. The van der Waals surface area contributed by atoms with E-state index in [9.17, 15) is 18.3 Å². The van der Waals surface area contributed by atoms with E-state index in [2.05, 4.69) is 9.82 Å². The van der Waals surface area contributed by atoms with E-state index in [4.69, 9.17) is 5.11 Å². The molecule has 0 amide bonds. The fourth-order valence-electron chi connectivity index (χ4n) is 1.73. The first kappa shape index (κ1) is 17.6. The number of aliphatic hydroxyl groups is 1. The lowest BCUT2D eigenvalue weighted by atomic mass is 10.1. The summed E-state index contributed by atoms with van der Waals surface area (Å²) in [5.41, 5.74) is 0. The molecular weight excluding hydrogens is 298 g/mol. The Morgan fingerprint density at radius 2 is 2.14 bits per heavy atom. The van der Waals surface area contributed by atoms with Gasteiger partial charge in [-0.2, -0.15) is 5.10 Å². The second kappa shape index (κ2) is 7.53. The summed E-state index contributed by atoms with van der Waals surface area (Å²) >= 11 is 0. The van der Waals surface area contributed by atoms with Crippen LogP contribution in [0.25, 0.3) is 0 Å². The normalized spacial score (nSPS) is 13.5. The van der Waals surface area contributed by atoms with E-state index in [1.54, 1.807) is 0 Å². The number of aliphatic carboxylic acids is 1. The molecule has 8 nitrogen and oxygen atoms in total. The van der Waals surface area contributed by atoms with Gasteiger partial charge in [0.2, 0.25) is 10.0 Å². The molecule has 3 N–H and O–H groups in total. The predicted molar refractivity (Wildman–Crippen MR) is 75.1 cm³/mol. The van der Waals surface area contributed by atoms with E-state index in [0.29, 0.717) is 6.42 Å². The van der Waals surface area contributed by atoms with Crippen molar-refractivity contribution in [2.75, 3.05) is 6.54 Å². The summed E-state index contributed by atoms with van der Waals surface area (Å²) in [5.74, 6) is -0.715. The number of rotatable bonds is 9. The molecule has 0 aliphatic heterocycles. The Kier molecular flexibility index (Phi) is 6.31. The molecule has 0 aromatic carbocycles. The standard InChI is InChI=1S/C12H21N3O5S/c1-9(2)5-10(16)6-14-21(19,20)11-7-13-15(8-11)4-3-12(17)18/h7-10,14,16H,3-6H2,1-2H3,(H,17,18). The molecule has 0 bridgehead atoms. The Hall–Kier alpha value is -1.45. The maximum Gasteiger partial charge on any atom is 0.305 e. The molecule has 9 heteroatoms. The Bertz CT molecular complexity index is 567. The molecule has 1 atom stereocenters. The van der Waals surface area contributed by atoms with E-state index in [1.165, 1.54) is 10.9 Å². The van der Waals surface area contributed by atoms with E-state index >= 15 is 0 Å². The minimum absolute atomic E-state index is 0.0513. The van der Waals surface area contributed by atoms with Crippen LogP contribution in [0.4, 0.5) is 0 Å². The maximum atomic E-state index is 12.0. The number of sulfonamides is 1. The van der Waals surface area contributed by atoms with Crippen LogP contribution in [-0.2, 0) is 21.4 Å². The van der Waals surface area contributed by atoms with Crippen molar-refractivity contribution in [1.29, 1.82) is 0 Å². The van der Waals surface area contributed by atoms with Gasteiger partial charge in [-0.3, -0.25) is 9.48 Å². The summed E-state index contributed by atoms with van der Waals surface area (Å²) in [6, 6.07) is 0. The highest BCUT2D eigenvalue weighted by Gasteiger charge is 2.18. The van der Waals surface area contributed by atoms with Crippen LogP contribution in [0.15, 0.2) is 17.3 Å². The van der Waals surface area contributed by atoms with Crippen LogP contribution < -0.4 is 4.72 Å². The smallest absolute Gasteiger partial charge is 0.305 e. The van der Waals surface area contributed by atoms with Crippen molar-refractivity contribution in [3.05, 3.63) is 12.4 Å². The van der Waals surface area contributed by atoms with Crippen molar-refractivity contribution < 1.29 is 23.4 Å². The van der Waals surface area contributed by atoms with Crippen LogP contribution in [0, 0.1) is 5.92 Å². The molecule has 1 aromatic rings. The zero-order valence-electron chi connectivity index (χ0n) is 12.1. The Labute approximate surface area is 123 Å². The lowest BCUT2D eigenvalue weighted by molar-refractivity contribution is -0.137. The fraction of sp³-hybridized carbons (Fsp3) is 0.667. The lowest BCUT2D eigenvalue weighted by Crippen LogP contribution is -2.32. The second-order valence-corrected chi connectivity index (χ2v) is 6.99. The average Bonchev–Trinajstić information content (AvgIpc) is 2.83. The zero-order chi connectivity index (χ0) is 16.0. The summed E-state index contributed by atoms with van der Waals surface area (Å²) < 4.78 is 27.5. The number of hydrogen-bond donors (Lipinski definition) is 3. The monoisotopic (exact) mass is 319 g/mol. The first-order valence-corrected chi connectivity index (χ1v) is 8.11. The number of aryl methyl sites for hydroxylation is 1. The van der Waals surface area contributed by atoms with Crippen LogP contribution in [0.2, 0.25) is 0 Å². The molecule has 0 spiro atoms. The largest absolute Gasteiger partial charge is 0.481 e. The fourth-order valence-corrected chi connectivity index (χ4v) is 2.76. The summed E-state index contributed by atoms with van der Waals surface area (Å²) in [5, 5.41) is 22.0. The van der Waals surface area contributed by atoms with Crippen molar-refractivity contribution in [3.63, 3.8) is 0 Å². The number of hydrogen-bond acceptors (Lipinski definition) is 5. The van der Waals surface area contributed by atoms with Gasteiger partial charge in [0.25, 0.3) is 0 Å². The topological polar surface area (TPSA) is 122 Å². The van der Waals surface area contributed by atoms with Crippen molar-refractivity contribution in [2.24, 2.45) is 5.92 Å². The van der Waals surface area contributed by atoms with Gasteiger partial charge in [0, 0.05) is 12.7 Å². The van der Waals surface area contributed by atoms with Crippen LogP contribution in [0.3, 0.4) is 0 Å². The van der Waals surface area contributed by atoms with Gasteiger partial charge in [0.05, 0.1) is 25.3 Å². The number of aliphatic hydroxyl groups excluding tert-OH is 1. The van der Waals surface area contributed by atoms with Crippen molar-refractivity contribution in [2.45, 2.75) is 44.2 Å². The number of aromatic nitrogens is 2. The summed E-state index contributed by atoms with van der Waals surface area (Å²) in [4.78, 5) is 10.4. The van der Waals surface area contributed by atoms with Crippen LogP contribution in [0.1, 0.15) is 26.7 Å². The van der Waals surface area contributed by atoms with Gasteiger partial charge < -0.3 is 10.2 Å².